The summed E-state index contributed by atoms with van der Waals surface area (Å²) in [6, 6.07) is 13.8. The average molecular weight is 443 g/mol. The van der Waals surface area contributed by atoms with Gasteiger partial charge < -0.3 is 10.0 Å². The number of hydrogen-bond donors (Lipinski definition) is 1. The molecule has 31 heavy (non-hydrogen) atoms. The predicted octanol–water partition coefficient (Wildman–Crippen LogP) is 4.20. The van der Waals surface area contributed by atoms with Crippen LogP contribution in [0.4, 0.5) is 15.8 Å². The van der Waals surface area contributed by atoms with E-state index in [9.17, 15) is 22.7 Å². The molecule has 1 N–H and O–H groups in total. The molecule has 0 aromatic heterocycles. The number of fused-ring (bicyclic) bond motifs is 2. The summed E-state index contributed by atoms with van der Waals surface area (Å²) in [5, 5.41) is 10.7. The van der Waals surface area contributed by atoms with E-state index in [4.69, 9.17) is 0 Å². The van der Waals surface area contributed by atoms with Crippen molar-refractivity contribution in [2.24, 2.45) is 0 Å². The third-order valence-corrected chi connectivity index (χ3v) is 7.81. The van der Waals surface area contributed by atoms with Crippen molar-refractivity contribution in [1.82, 2.24) is 0 Å². The molecule has 3 aromatic carbocycles. The normalized spacial score (nSPS) is 18.3. The van der Waals surface area contributed by atoms with E-state index < -0.39 is 33.8 Å². The van der Waals surface area contributed by atoms with Gasteiger partial charge in [0.25, 0.3) is 10.0 Å². The zero-order valence-corrected chi connectivity index (χ0v) is 18.2. The molecule has 0 spiro atoms. The first-order valence-corrected chi connectivity index (χ1v) is 11.3. The molecular weight excluding hydrogens is 419 g/mol. The van der Waals surface area contributed by atoms with Gasteiger partial charge in [-0.05, 0) is 42.8 Å². The monoisotopic (exact) mass is 442 g/mol. The first-order valence-electron chi connectivity index (χ1n) is 9.87. The van der Waals surface area contributed by atoms with Gasteiger partial charge in [-0.3, -0.25) is 9.10 Å². The number of rotatable bonds is 5. The molecule has 2 atom stereocenters. The Morgan fingerprint density at radius 1 is 1.10 bits per heavy atom. The Balaban J connectivity index is 1.92. The number of carbonyl (C=O) groups is 1. The van der Waals surface area contributed by atoms with Crippen molar-refractivity contribution in [3.05, 3.63) is 66.0 Å². The number of anilines is 2. The number of hydrogen-bond acceptors (Lipinski definition) is 4. The van der Waals surface area contributed by atoms with Gasteiger partial charge in [-0.15, -0.1) is 0 Å². The van der Waals surface area contributed by atoms with Crippen LogP contribution in [-0.4, -0.2) is 39.6 Å². The number of aliphatic carboxylic acids is 1. The molecule has 0 aliphatic carbocycles. The highest BCUT2D eigenvalue weighted by Gasteiger charge is 2.43. The van der Waals surface area contributed by atoms with E-state index >= 15 is 0 Å². The molecule has 1 heterocycles. The van der Waals surface area contributed by atoms with Crippen molar-refractivity contribution >= 4 is 38.1 Å². The summed E-state index contributed by atoms with van der Waals surface area (Å²) in [7, 11) is -0.275. The van der Waals surface area contributed by atoms with Crippen LogP contribution in [0.25, 0.3) is 10.8 Å². The van der Waals surface area contributed by atoms with Gasteiger partial charge in [-0.1, -0.05) is 24.3 Å². The summed E-state index contributed by atoms with van der Waals surface area (Å²) in [4.78, 5) is 13.5. The van der Waals surface area contributed by atoms with Gasteiger partial charge in [-0.25, -0.2) is 12.8 Å². The number of carboxylic acid groups (broad SMARTS) is 1. The molecule has 8 heteroatoms. The fourth-order valence-electron chi connectivity index (χ4n) is 4.47. The lowest BCUT2D eigenvalue weighted by Gasteiger charge is -2.27. The summed E-state index contributed by atoms with van der Waals surface area (Å²) in [6.07, 6.45) is -0.288. The summed E-state index contributed by atoms with van der Waals surface area (Å²) in [5.41, 5.74) is 1.60. The Labute approximate surface area is 180 Å². The fraction of sp³-hybridized carbons (Fsp3) is 0.261. The van der Waals surface area contributed by atoms with Crippen LogP contribution in [-0.2, 0) is 14.8 Å². The highest BCUT2D eigenvalue weighted by atomic mass is 32.2. The van der Waals surface area contributed by atoms with E-state index in [-0.39, 0.29) is 11.3 Å². The lowest BCUT2D eigenvalue weighted by Crippen LogP contribution is -2.37. The van der Waals surface area contributed by atoms with Crippen LogP contribution in [0.15, 0.2) is 59.5 Å². The zero-order chi connectivity index (χ0) is 22.5. The van der Waals surface area contributed by atoms with Gasteiger partial charge in [0.05, 0.1) is 23.0 Å². The van der Waals surface area contributed by atoms with Crippen LogP contribution >= 0.6 is 0 Å². The Morgan fingerprint density at radius 2 is 1.77 bits per heavy atom. The third kappa shape index (κ3) is 3.40. The van der Waals surface area contributed by atoms with E-state index in [0.717, 1.165) is 11.1 Å². The molecule has 4 rings (SSSR count). The van der Waals surface area contributed by atoms with Crippen LogP contribution in [0.1, 0.15) is 24.8 Å². The van der Waals surface area contributed by atoms with E-state index in [2.05, 4.69) is 0 Å². The lowest BCUT2D eigenvalue weighted by atomic mass is 9.93. The number of nitrogens with zero attached hydrogens (tertiary/aromatic N) is 2. The number of sulfonamides is 1. The molecule has 6 nitrogen and oxygen atoms in total. The quantitative estimate of drug-likeness (QED) is 0.641. The SMILES string of the molecule is CC1C(CC(=O)O)c2cc(F)ccc2N1S(=O)(=O)c1cccc2c(N(C)C)cccc12. The van der Waals surface area contributed by atoms with Crippen LogP contribution < -0.4 is 9.21 Å². The Morgan fingerprint density at radius 3 is 2.45 bits per heavy atom. The summed E-state index contributed by atoms with van der Waals surface area (Å²) < 4.78 is 43.0. The zero-order valence-electron chi connectivity index (χ0n) is 17.4. The molecule has 3 aromatic rings. The average Bonchev–Trinajstić information content (AvgIpc) is 2.98. The summed E-state index contributed by atoms with van der Waals surface area (Å²) in [6.45, 7) is 1.67. The second kappa shape index (κ2) is 7.53. The minimum atomic E-state index is -4.05. The van der Waals surface area contributed by atoms with Gasteiger partial charge in [-0.2, -0.15) is 0 Å². The molecule has 0 saturated heterocycles. The maximum atomic E-state index is 14.0. The molecular formula is C23H23FN2O4S. The van der Waals surface area contributed by atoms with Crippen LogP contribution in [0.5, 0.6) is 0 Å². The molecule has 2 unspecified atom stereocenters. The van der Waals surface area contributed by atoms with Crippen molar-refractivity contribution in [1.29, 1.82) is 0 Å². The summed E-state index contributed by atoms with van der Waals surface area (Å²) in [5.74, 6) is -2.24. The predicted molar refractivity (Wildman–Crippen MR) is 119 cm³/mol. The summed E-state index contributed by atoms with van der Waals surface area (Å²) >= 11 is 0. The second-order valence-corrected chi connectivity index (χ2v) is 9.76. The molecule has 162 valence electrons. The van der Waals surface area contributed by atoms with Crippen molar-refractivity contribution < 1.29 is 22.7 Å². The van der Waals surface area contributed by atoms with Crippen molar-refractivity contribution in [2.75, 3.05) is 23.3 Å². The van der Waals surface area contributed by atoms with E-state index in [1.54, 1.807) is 31.2 Å². The standard InChI is InChI=1S/C23H23FN2O4S/c1-14-18(13-23(27)28)19-12-15(24)10-11-21(19)26(14)31(29,30)22-9-5-6-16-17(22)7-4-8-20(16)25(2)3/h4-12,14,18H,13H2,1-3H3,(H,27,28). The highest BCUT2D eigenvalue weighted by Crippen LogP contribution is 2.46. The maximum Gasteiger partial charge on any atom is 0.304 e. The first kappa shape index (κ1) is 21.1. The Kier molecular flexibility index (Phi) is 5.13. The van der Waals surface area contributed by atoms with Crippen molar-refractivity contribution in [3.8, 4) is 0 Å². The first-order chi connectivity index (χ1) is 14.6. The van der Waals surface area contributed by atoms with Crippen LogP contribution in [0.2, 0.25) is 0 Å². The number of carboxylic acids is 1. The third-order valence-electron chi connectivity index (χ3n) is 5.85. The van der Waals surface area contributed by atoms with Gasteiger partial charge in [0.2, 0.25) is 0 Å². The molecule has 0 amide bonds. The lowest BCUT2D eigenvalue weighted by molar-refractivity contribution is -0.137. The largest absolute Gasteiger partial charge is 0.481 e. The topological polar surface area (TPSA) is 77.9 Å². The maximum absolute atomic E-state index is 14.0. The van der Waals surface area contributed by atoms with E-state index in [0.29, 0.717) is 16.6 Å². The van der Waals surface area contributed by atoms with Gasteiger partial charge >= 0.3 is 5.97 Å². The minimum absolute atomic E-state index is 0.131. The van der Waals surface area contributed by atoms with E-state index in [1.165, 1.54) is 22.5 Å². The molecule has 0 radical (unpaired) electrons. The van der Waals surface area contributed by atoms with Crippen molar-refractivity contribution in [2.45, 2.75) is 30.2 Å². The molecule has 0 bridgehead atoms. The Bertz CT molecular complexity index is 1290. The van der Waals surface area contributed by atoms with Gasteiger partial charge in [0, 0.05) is 36.5 Å². The Hall–Kier alpha value is -3.13. The smallest absolute Gasteiger partial charge is 0.304 e. The van der Waals surface area contributed by atoms with Crippen LogP contribution in [0, 0.1) is 5.82 Å². The second-order valence-electron chi connectivity index (χ2n) is 7.97. The molecule has 1 aliphatic rings. The van der Waals surface area contributed by atoms with Crippen molar-refractivity contribution in [3.63, 3.8) is 0 Å². The van der Waals surface area contributed by atoms with Crippen LogP contribution in [0.3, 0.4) is 0 Å². The number of benzene rings is 3. The molecule has 0 fully saturated rings. The minimum Gasteiger partial charge on any atom is -0.481 e. The fourth-order valence-corrected chi connectivity index (χ4v) is 6.40. The van der Waals surface area contributed by atoms with Gasteiger partial charge in [0.1, 0.15) is 5.82 Å². The highest BCUT2D eigenvalue weighted by molar-refractivity contribution is 7.93. The van der Waals surface area contributed by atoms with E-state index in [1.807, 2.05) is 31.1 Å². The molecule has 0 saturated carbocycles. The van der Waals surface area contributed by atoms with Gasteiger partial charge in [0.15, 0.2) is 0 Å². The molecule has 1 aliphatic heterocycles. The number of halogens is 1.